The van der Waals surface area contributed by atoms with Crippen LogP contribution in [0.5, 0.6) is 0 Å². The van der Waals surface area contributed by atoms with Crippen LogP contribution in [0.4, 0.5) is 8.78 Å². The molecular formula is C21H28F2N2O3. The molecule has 0 radical (unpaired) electrons. The Bertz CT molecular complexity index is 720. The largest absolute Gasteiger partial charge is 0.467 e. The second-order valence-electron chi connectivity index (χ2n) is 7.31. The summed E-state index contributed by atoms with van der Waals surface area (Å²) in [5.74, 6) is -1.18. The molecule has 154 valence electrons. The first-order valence-electron chi connectivity index (χ1n) is 9.52. The Balaban J connectivity index is 0.000000203. The van der Waals surface area contributed by atoms with Crippen LogP contribution in [0.2, 0.25) is 0 Å². The van der Waals surface area contributed by atoms with E-state index >= 15 is 0 Å². The van der Waals surface area contributed by atoms with E-state index in [-0.39, 0.29) is 30.0 Å². The summed E-state index contributed by atoms with van der Waals surface area (Å²) in [4.78, 5) is 24.1. The molecule has 1 aromatic rings. The molecule has 1 unspecified atom stereocenters. The first-order valence-corrected chi connectivity index (χ1v) is 9.52. The Morgan fingerprint density at radius 1 is 1.39 bits per heavy atom. The van der Waals surface area contributed by atoms with Crippen molar-refractivity contribution in [2.24, 2.45) is 5.92 Å². The molecule has 2 aliphatic rings. The average Bonchev–Trinajstić information content (AvgIpc) is 3.38. The normalized spacial score (nSPS) is 16.9. The molecule has 1 aliphatic heterocycles. The summed E-state index contributed by atoms with van der Waals surface area (Å²) in [6.07, 6.45) is 4.67. The van der Waals surface area contributed by atoms with Crippen LogP contribution in [0.25, 0.3) is 0 Å². The Kier molecular flexibility index (Phi) is 7.96. The van der Waals surface area contributed by atoms with Gasteiger partial charge in [0.05, 0.1) is 7.11 Å². The maximum Gasteiger partial charge on any atom is 0.328 e. The van der Waals surface area contributed by atoms with Gasteiger partial charge in [0.15, 0.2) is 11.6 Å². The maximum absolute atomic E-state index is 13.3. The fourth-order valence-electron chi connectivity index (χ4n) is 3.09. The first-order chi connectivity index (χ1) is 13.3. The van der Waals surface area contributed by atoms with Crippen molar-refractivity contribution in [3.63, 3.8) is 0 Å². The number of esters is 1. The zero-order valence-corrected chi connectivity index (χ0v) is 16.5. The van der Waals surface area contributed by atoms with Gasteiger partial charge in [0.2, 0.25) is 5.91 Å². The van der Waals surface area contributed by atoms with Crippen molar-refractivity contribution in [2.75, 3.05) is 13.7 Å². The summed E-state index contributed by atoms with van der Waals surface area (Å²) in [6.45, 7) is 6.37. The Labute approximate surface area is 164 Å². The van der Waals surface area contributed by atoms with Crippen LogP contribution in [-0.4, -0.2) is 36.5 Å². The number of likely N-dealkylation sites (tertiary alicyclic amines) is 1. The molecule has 2 fully saturated rings. The van der Waals surface area contributed by atoms with Gasteiger partial charge in [-0.15, -0.1) is 0 Å². The van der Waals surface area contributed by atoms with Crippen molar-refractivity contribution in [2.45, 2.75) is 51.6 Å². The summed E-state index contributed by atoms with van der Waals surface area (Å²) in [5.41, 5.74) is 1.06. The molecule has 7 heteroatoms. The van der Waals surface area contributed by atoms with Gasteiger partial charge >= 0.3 is 5.97 Å². The fraction of sp³-hybridized carbons (Fsp3) is 0.524. The van der Waals surface area contributed by atoms with Crippen LogP contribution in [0.15, 0.2) is 30.5 Å². The van der Waals surface area contributed by atoms with Crippen LogP contribution >= 0.6 is 0 Å². The van der Waals surface area contributed by atoms with Crippen molar-refractivity contribution in [3.05, 3.63) is 47.7 Å². The van der Waals surface area contributed by atoms with Gasteiger partial charge in [-0.2, -0.15) is 0 Å². The van der Waals surface area contributed by atoms with Crippen LogP contribution in [0.3, 0.4) is 0 Å². The minimum absolute atomic E-state index is 0.0126. The molecule has 1 aliphatic carbocycles. The third-order valence-corrected chi connectivity index (χ3v) is 4.74. The third-order valence-electron chi connectivity index (χ3n) is 4.74. The van der Waals surface area contributed by atoms with Gasteiger partial charge in [-0.3, -0.25) is 4.79 Å². The van der Waals surface area contributed by atoms with Gasteiger partial charge in [-0.05, 0) is 31.7 Å². The van der Waals surface area contributed by atoms with Gasteiger partial charge in [-0.25, -0.2) is 13.6 Å². The first kappa shape index (κ1) is 21.9. The number of hydrogen-bond acceptors (Lipinski definition) is 4. The van der Waals surface area contributed by atoms with E-state index < -0.39 is 11.6 Å². The highest BCUT2D eigenvalue weighted by molar-refractivity contribution is 5.78. The molecule has 0 bridgehead atoms. The smallest absolute Gasteiger partial charge is 0.328 e. The lowest BCUT2D eigenvalue weighted by Gasteiger charge is -2.16. The summed E-state index contributed by atoms with van der Waals surface area (Å²) >= 11 is 0. The van der Waals surface area contributed by atoms with Crippen LogP contribution < -0.4 is 5.32 Å². The van der Waals surface area contributed by atoms with Crippen molar-refractivity contribution in [3.8, 4) is 0 Å². The summed E-state index contributed by atoms with van der Waals surface area (Å²) in [6, 6.07) is 3.83. The van der Waals surface area contributed by atoms with E-state index in [0.29, 0.717) is 18.9 Å². The van der Waals surface area contributed by atoms with E-state index in [1.54, 1.807) is 4.90 Å². The Morgan fingerprint density at radius 3 is 2.64 bits per heavy atom. The highest BCUT2D eigenvalue weighted by Crippen LogP contribution is 2.33. The number of rotatable bonds is 7. The fourth-order valence-corrected chi connectivity index (χ4v) is 3.09. The number of nitrogens with one attached hydrogen (secondary N) is 1. The van der Waals surface area contributed by atoms with Crippen molar-refractivity contribution in [1.29, 1.82) is 0 Å². The number of carbonyl (C=O) groups is 2. The zero-order valence-electron chi connectivity index (χ0n) is 16.5. The molecular weight excluding hydrogens is 366 g/mol. The van der Waals surface area contributed by atoms with E-state index in [4.69, 9.17) is 4.74 Å². The van der Waals surface area contributed by atoms with Crippen LogP contribution in [-0.2, 0) is 20.9 Å². The molecule has 0 spiro atoms. The van der Waals surface area contributed by atoms with Gasteiger partial charge in [0.1, 0.15) is 6.04 Å². The van der Waals surface area contributed by atoms with E-state index in [2.05, 4.69) is 11.9 Å². The van der Waals surface area contributed by atoms with Crippen molar-refractivity contribution >= 4 is 11.9 Å². The Morgan fingerprint density at radius 2 is 2.11 bits per heavy atom. The Hall–Kier alpha value is -2.44. The van der Waals surface area contributed by atoms with Crippen molar-refractivity contribution in [1.82, 2.24) is 10.2 Å². The lowest BCUT2D eigenvalue weighted by molar-refractivity contribution is -0.143. The molecule has 5 nitrogen and oxygen atoms in total. The summed E-state index contributed by atoms with van der Waals surface area (Å²) in [5, 5.41) is 3.03. The summed E-state index contributed by atoms with van der Waals surface area (Å²) < 4.78 is 30.8. The van der Waals surface area contributed by atoms with Gasteiger partial charge < -0.3 is 15.0 Å². The highest BCUT2D eigenvalue weighted by atomic mass is 19.2. The molecule has 28 heavy (non-hydrogen) atoms. The molecule has 1 aromatic carbocycles. The molecule has 1 amide bonds. The molecule has 3 rings (SSSR count). The highest BCUT2D eigenvalue weighted by Gasteiger charge is 2.29. The average molecular weight is 394 g/mol. The number of benzene rings is 1. The number of hydrogen-bond donors (Lipinski definition) is 1. The quantitative estimate of drug-likeness (QED) is 0.719. The number of allylic oxidation sites excluding steroid dienone is 1. The zero-order chi connectivity index (χ0) is 20.7. The molecule has 1 atom stereocenters. The van der Waals surface area contributed by atoms with Gasteiger partial charge in [0, 0.05) is 30.8 Å². The number of carbonyl (C=O) groups excluding carboxylic acids is 2. The van der Waals surface area contributed by atoms with E-state index in [1.165, 1.54) is 32.1 Å². The van der Waals surface area contributed by atoms with Crippen molar-refractivity contribution < 1.29 is 23.1 Å². The number of nitrogens with zero attached hydrogens (tertiary/aromatic N) is 1. The number of ether oxygens (including phenoxy) is 1. The third kappa shape index (κ3) is 6.62. The number of halogens is 2. The molecule has 1 saturated carbocycles. The topological polar surface area (TPSA) is 58.6 Å². The second kappa shape index (κ2) is 10.2. The lowest BCUT2D eigenvalue weighted by atomic mass is 10.1. The predicted molar refractivity (Wildman–Crippen MR) is 102 cm³/mol. The van der Waals surface area contributed by atoms with Gasteiger partial charge in [-0.1, -0.05) is 31.6 Å². The van der Waals surface area contributed by atoms with Crippen LogP contribution in [0.1, 0.15) is 44.6 Å². The molecule has 0 aromatic heterocycles. The maximum atomic E-state index is 13.3. The predicted octanol–water partition coefficient (Wildman–Crippen LogP) is 3.54. The standard InChI is InChI=1S/C11H11F2NO.C10H17NO2/c12-9-4-1-3-8(11(9)13)7-14-6-2-5-10(14)15;1-7(2)11-9(10(12)13-3)6-8-4-5-8/h1,3-4H,2,5-7H2;8-9,11H,1,4-6H2,2-3H3. The molecule has 1 heterocycles. The van der Waals surface area contributed by atoms with E-state index in [0.717, 1.165) is 24.6 Å². The van der Waals surface area contributed by atoms with E-state index in [1.807, 2.05) is 6.92 Å². The van der Waals surface area contributed by atoms with E-state index in [9.17, 15) is 18.4 Å². The summed E-state index contributed by atoms with van der Waals surface area (Å²) in [7, 11) is 1.42. The van der Waals surface area contributed by atoms with Gasteiger partial charge in [0.25, 0.3) is 0 Å². The monoisotopic (exact) mass is 394 g/mol. The minimum Gasteiger partial charge on any atom is -0.467 e. The molecule has 1 N–H and O–H groups in total. The second-order valence-corrected chi connectivity index (χ2v) is 7.31. The minimum atomic E-state index is -0.862. The lowest BCUT2D eigenvalue weighted by Crippen LogP contribution is -2.36. The number of methoxy groups -OCH3 is 1. The number of amides is 1. The van der Waals surface area contributed by atoms with Crippen LogP contribution in [0, 0.1) is 17.6 Å². The molecule has 1 saturated heterocycles. The SMILES string of the molecule is C=C(C)NC(CC1CC1)C(=O)OC.O=C1CCCN1Cc1cccc(F)c1F.